The molecule has 19 heavy (non-hydrogen) atoms. The van der Waals surface area contributed by atoms with Crippen molar-refractivity contribution in [3.63, 3.8) is 0 Å². The quantitative estimate of drug-likeness (QED) is 0.903. The van der Waals surface area contributed by atoms with Crippen LogP contribution in [0.3, 0.4) is 0 Å². The zero-order chi connectivity index (χ0) is 13.3. The van der Waals surface area contributed by atoms with Gasteiger partial charge in [0, 0.05) is 28.4 Å². The van der Waals surface area contributed by atoms with Crippen LogP contribution in [0.1, 0.15) is 24.3 Å². The second-order valence-electron chi connectivity index (χ2n) is 5.29. The molecule has 1 aromatic heterocycles. The van der Waals surface area contributed by atoms with Gasteiger partial charge in [0.1, 0.15) is 0 Å². The summed E-state index contributed by atoms with van der Waals surface area (Å²) in [5.41, 5.74) is 2.28. The van der Waals surface area contributed by atoms with Crippen LogP contribution in [0.25, 0.3) is 11.3 Å². The number of rotatable bonds is 4. The molecule has 4 heteroatoms. The molecule has 0 radical (unpaired) electrons. The average molecular weight is 338 g/mol. The lowest BCUT2D eigenvalue weighted by Crippen LogP contribution is -2.35. The van der Waals surface area contributed by atoms with Crippen molar-refractivity contribution in [1.82, 2.24) is 4.98 Å². The molecule has 3 rings (SSSR count). The average Bonchev–Trinajstić information content (AvgIpc) is 2.83. The number of aromatic nitrogens is 1. The van der Waals surface area contributed by atoms with E-state index in [1.165, 1.54) is 6.42 Å². The molecule has 0 atom stereocenters. The normalized spacial score (nSPS) is 17.2. The first-order valence-corrected chi connectivity index (χ1v) is 8.20. The van der Waals surface area contributed by atoms with Crippen LogP contribution in [-0.2, 0) is 6.42 Å². The molecule has 0 aliphatic heterocycles. The van der Waals surface area contributed by atoms with Crippen molar-refractivity contribution < 1.29 is 5.11 Å². The number of hydrogen-bond donors (Lipinski definition) is 1. The molecule has 1 N–H and O–H groups in total. The van der Waals surface area contributed by atoms with E-state index in [0.717, 1.165) is 40.0 Å². The maximum Gasteiger partial charge on any atom is 0.0939 e. The van der Waals surface area contributed by atoms with Crippen LogP contribution in [-0.4, -0.2) is 16.7 Å². The number of thiazole rings is 1. The van der Waals surface area contributed by atoms with Crippen molar-refractivity contribution in [3.8, 4) is 11.3 Å². The molecule has 1 heterocycles. The Morgan fingerprint density at radius 2 is 2.11 bits per heavy atom. The van der Waals surface area contributed by atoms with E-state index < -0.39 is 0 Å². The Hall–Kier alpha value is -0.710. The summed E-state index contributed by atoms with van der Waals surface area (Å²) in [5.74, 6) is 0. The molecule has 100 valence electrons. The maximum absolute atomic E-state index is 9.54. The van der Waals surface area contributed by atoms with Gasteiger partial charge in [-0.15, -0.1) is 11.3 Å². The Labute approximate surface area is 125 Å². The van der Waals surface area contributed by atoms with Crippen molar-refractivity contribution >= 4 is 27.3 Å². The van der Waals surface area contributed by atoms with Gasteiger partial charge in [-0.3, -0.25) is 0 Å². The van der Waals surface area contributed by atoms with Crippen LogP contribution in [0.4, 0.5) is 0 Å². The summed E-state index contributed by atoms with van der Waals surface area (Å²) in [5, 5.41) is 12.8. The molecule has 2 nitrogen and oxygen atoms in total. The third-order valence-corrected chi connectivity index (χ3v) is 5.52. The van der Waals surface area contributed by atoms with Crippen LogP contribution in [0.5, 0.6) is 0 Å². The lowest BCUT2D eigenvalue weighted by molar-refractivity contribution is 0.0450. The number of halogens is 1. The predicted molar refractivity (Wildman–Crippen MR) is 82.3 cm³/mol. The summed E-state index contributed by atoms with van der Waals surface area (Å²) >= 11 is 5.27. The van der Waals surface area contributed by atoms with Crippen LogP contribution in [0.15, 0.2) is 34.1 Å². The largest absolute Gasteiger partial charge is 0.396 e. The molecule has 1 aliphatic rings. The molecule has 0 saturated heterocycles. The highest BCUT2D eigenvalue weighted by atomic mass is 79.9. The SMILES string of the molecule is OCC1(Cc2nc(-c3ccccc3Br)cs2)CCC1. The summed E-state index contributed by atoms with van der Waals surface area (Å²) < 4.78 is 1.08. The minimum Gasteiger partial charge on any atom is -0.396 e. The molecule has 0 amide bonds. The van der Waals surface area contributed by atoms with Gasteiger partial charge in [0.15, 0.2) is 0 Å². The van der Waals surface area contributed by atoms with Gasteiger partial charge in [0.25, 0.3) is 0 Å². The van der Waals surface area contributed by atoms with Gasteiger partial charge < -0.3 is 5.11 Å². The molecule has 1 aromatic carbocycles. The summed E-state index contributed by atoms with van der Waals surface area (Å²) in [4.78, 5) is 4.73. The fraction of sp³-hybridized carbons (Fsp3) is 0.400. The van der Waals surface area contributed by atoms with E-state index >= 15 is 0 Å². The highest BCUT2D eigenvalue weighted by Crippen LogP contribution is 2.44. The zero-order valence-electron chi connectivity index (χ0n) is 10.6. The first-order chi connectivity index (χ1) is 9.22. The van der Waals surface area contributed by atoms with Gasteiger partial charge in [-0.2, -0.15) is 0 Å². The van der Waals surface area contributed by atoms with E-state index in [0.29, 0.717) is 0 Å². The van der Waals surface area contributed by atoms with Crippen LogP contribution in [0.2, 0.25) is 0 Å². The van der Waals surface area contributed by atoms with Gasteiger partial charge in [-0.05, 0) is 24.3 Å². The van der Waals surface area contributed by atoms with Crippen molar-refractivity contribution in [2.75, 3.05) is 6.61 Å². The topological polar surface area (TPSA) is 33.1 Å². The number of hydrogen-bond acceptors (Lipinski definition) is 3. The minimum atomic E-state index is 0.114. The van der Waals surface area contributed by atoms with E-state index in [-0.39, 0.29) is 12.0 Å². The fourth-order valence-electron chi connectivity index (χ4n) is 2.57. The van der Waals surface area contributed by atoms with Crippen molar-refractivity contribution in [3.05, 3.63) is 39.1 Å². The molecular formula is C15H16BrNOS. The summed E-state index contributed by atoms with van der Waals surface area (Å²) in [6.45, 7) is 0.289. The van der Waals surface area contributed by atoms with Crippen LogP contribution >= 0.6 is 27.3 Å². The fourth-order valence-corrected chi connectivity index (χ4v) is 4.03. The second kappa shape index (κ2) is 5.35. The molecular weight excluding hydrogens is 322 g/mol. The van der Waals surface area contributed by atoms with E-state index in [1.807, 2.05) is 18.2 Å². The molecule has 1 saturated carbocycles. The van der Waals surface area contributed by atoms with Gasteiger partial charge in [-0.25, -0.2) is 4.98 Å². The van der Waals surface area contributed by atoms with E-state index in [4.69, 9.17) is 4.98 Å². The highest BCUT2D eigenvalue weighted by molar-refractivity contribution is 9.10. The smallest absolute Gasteiger partial charge is 0.0939 e. The third kappa shape index (κ3) is 2.62. The molecule has 0 unspecified atom stereocenters. The Bertz CT molecular complexity index is 572. The minimum absolute atomic E-state index is 0.114. The molecule has 0 bridgehead atoms. The molecule has 1 fully saturated rings. The van der Waals surface area contributed by atoms with E-state index in [2.05, 4.69) is 27.4 Å². The Kier molecular flexibility index (Phi) is 3.74. The molecule has 1 aliphatic carbocycles. The Morgan fingerprint density at radius 3 is 2.74 bits per heavy atom. The number of nitrogens with zero attached hydrogens (tertiary/aromatic N) is 1. The molecule has 0 spiro atoms. The van der Waals surface area contributed by atoms with Crippen LogP contribution < -0.4 is 0 Å². The van der Waals surface area contributed by atoms with Crippen molar-refractivity contribution in [2.24, 2.45) is 5.41 Å². The zero-order valence-corrected chi connectivity index (χ0v) is 13.0. The predicted octanol–water partition coefficient (Wildman–Crippen LogP) is 4.28. The molecule has 2 aromatic rings. The van der Waals surface area contributed by atoms with Gasteiger partial charge >= 0.3 is 0 Å². The van der Waals surface area contributed by atoms with Crippen molar-refractivity contribution in [2.45, 2.75) is 25.7 Å². The number of benzene rings is 1. The van der Waals surface area contributed by atoms with Crippen molar-refractivity contribution in [1.29, 1.82) is 0 Å². The first kappa shape index (κ1) is 13.3. The Balaban J connectivity index is 1.82. The number of aliphatic hydroxyl groups excluding tert-OH is 1. The Morgan fingerprint density at radius 1 is 1.32 bits per heavy atom. The monoisotopic (exact) mass is 337 g/mol. The lowest BCUT2D eigenvalue weighted by Gasteiger charge is -2.39. The summed E-state index contributed by atoms with van der Waals surface area (Å²) in [7, 11) is 0. The van der Waals surface area contributed by atoms with E-state index in [9.17, 15) is 5.11 Å². The van der Waals surface area contributed by atoms with E-state index in [1.54, 1.807) is 11.3 Å². The van der Waals surface area contributed by atoms with Gasteiger partial charge in [0.2, 0.25) is 0 Å². The lowest BCUT2D eigenvalue weighted by atomic mass is 9.67. The van der Waals surface area contributed by atoms with Gasteiger partial charge in [0.05, 0.1) is 10.7 Å². The third-order valence-electron chi connectivity index (χ3n) is 3.98. The second-order valence-corrected chi connectivity index (χ2v) is 7.09. The van der Waals surface area contributed by atoms with Crippen LogP contribution in [0, 0.1) is 5.41 Å². The summed E-state index contributed by atoms with van der Waals surface area (Å²) in [6.07, 6.45) is 4.42. The highest BCUT2D eigenvalue weighted by Gasteiger charge is 2.37. The summed E-state index contributed by atoms with van der Waals surface area (Å²) in [6, 6.07) is 8.15. The number of aliphatic hydroxyl groups is 1. The van der Waals surface area contributed by atoms with Gasteiger partial charge in [-0.1, -0.05) is 40.5 Å². The standard InChI is InChI=1S/C15H16BrNOS/c16-12-5-2-1-4-11(12)13-9-19-14(17-13)8-15(10-18)6-3-7-15/h1-2,4-5,9,18H,3,6-8,10H2. The maximum atomic E-state index is 9.54. The first-order valence-electron chi connectivity index (χ1n) is 6.53.